The summed E-state index contributed by atoms with van der Waals surface area (Å²) < 4.78 is 0. The number of fused-ring (bicyclic) bond motifs is 1. The van der Waals surface area contributed by atoms with Gasteiger partial charge in [0.25, 0.3) is 0 Å². The molecule has 0 radical (unpaired) electrons. The number of nitrogens with zero attached hydrogens (tertiary/aromatic N) is 3. The molecule has 0 aliphatic heterocycles. The summed E-state index contributed by atoms with van der Waals surface area (Å²) in [5.74, 6) is 1.55. The summed E-state index contributed by atoms with van der Waals surface area (Å²) in [6, 6.07) is 0.223. The second-order valence-electron chi connectivity index (χ2n) is 5.68. The molecule has 0 saturated heterocycles. The summed E-state index contributed by atoms with van der Waals surface area (Å²) in [5, 5.41) is 3.90. The van der Waals surface area contributed by atoms with Gasteiger partial charge in [0.2, 0.25) is 0 Å². The Labute approximate surface area is 79.1 Å². The molecule has 3 atom stereocenters. The van der Waals surface area contributed by atoms with Crippen molar-refractivity contribution in [2.75, 3.05) is 0 Å². The lowest BCUT2D eigenvalue weighted by Crippen LogP contribution is -2.28. The standard InChI is InChI=1S/C10H17N3/c1-9(2)6-5-7(12-13-11)10(3,4)8(6)9/h6-8H,5H2,1-4H3. The van der Waals surface area contributed by atoms with Crippen molar-refractivity contribution in [3.63, 3.8) is 0 Å². The van der Waals surface area contributed by atoms with Crippen molar-refractivity contribution in [1.82, 2.24) is 0 Å². The highest BCUT2D eigenvalue weighted by molar-refractivity contribution is 5.19. The van der Waals surface area contributed by atoms with Gasteiger partial charge < -0.3 is 0 Å². The van der Waals surface area contributed by atoms with E-state index in [0.717, 1.165) is 18.3 Å². The number of hydrogen-bond donors (Lipinski definition) is 0. The van der Waals surface area contributed by atoms with E-state index in [4.69, 9.17) is 5.53 Å². The molecule has 2 rings (SSSR count). The average Bonchev–Trinajstić information content (AvgIpc) is 2.39. The predicted octanol–water partition coefficient (Wildman–Crippen LogP) is 3.37. The molecule has 2 fully saturated rings. The highest BCUT2D eigenvalue weighted by atomic mass is 15.2. The number of rotatable bonds is 1. The van der Waals surface area contributed by atoms with Gasteiger partial charge in [0.15, 0.2) is 0 Å². The van der Waals surface area contributed by atoms with Gasteiger partial charge in [0.05, 0.1) is 0 Å². The third-order valence-corrected chi connectivity index (χ3v) is 4.38. The van der Waals surface area contributed by atoms with Gasteiger partial charge in [-0.05, 0) is 34.6 Å². The van der Waals surface area contributed by atoms with Gasteiger partial charge in [0.1, 0.15) is 0 Å². The van der Waals surface area contributed by atoms with Crippen LogP contribution in [0.2, 0.25) is 0 Å². The van der Waals surface area contributed by atoms with Crippen molar-refractivity contribution in [2.45, 2.75) is 40.2 Å². The first-order chi connectivity index (χ1) is 5.92. The van der Waals surface area contributed by atoms with Crippen LogP contribution in [-0.4, -0.2) is 6.04 Å². The minimum Gasteiger partial charge on any atom is -0.0900 e. The van der Waals surface area contributed by atoms with Crippen LogP contribution in [0.15, 0.2) is 5.11 Å². The number of hydrogen-bond acceptors (Lipinski definition) is 1. The Hall–Kier alpha value is -0.690. The second-order valence-corrected chi connectivity index (χ2v) is 5.68. The van der Waals surface area contributed by atoms with Crippen molar-refractivity contribution >= 4 is 0 Å². The molecule has 13 heavy (non-hydrogen) atoms. The molecular formula is C10H17N3. The highest BCUT2D eigenvalue weighted by Gasteiger charge is 2.69. The zero-order chi connectivity index (χ0) is 9.85. The van der Waals surface area contributed by atoms with E-state index in [1.165, 1.54) is 0 Å². The third kappa shape index (κ3) is 0.939. The van der Waals surface area contributed by atoms with E-state index in [9.17, 15) is 0 Å². The van der Waals surface area contributed by atoms with Crippen LogP contribution < -0.4 is 0 Å². The molecule has 0 aromatic carbocycles. The largest absolute Gasteiger partial charge is 0.0900 e. The van der Waals surface area contributed by atoms with E-state index in [2.05, 4.69) is 37.7 Å². The van der Waals surface area contributed by atoms with Crippen LogP contribution in [0.5, 0.6) is 0 Å². The molecule has 0 bridgehead atoms. The molecule has 0 aromatic heterocycles. The fraction of sp³-hybridized carbons (Fsp3) is 1.00. The maximum atomic E-state index is 8.45. The second kappa shape index (κ2) is 2.21. The van der Waals surface area contributed by atoms with Crippen LogP contribution in [-0.2, 0) is 0 Å². The monoisotopic (exact) mass is 179 g/mol. The molecule has 2 aliphatic rings. The molecule has 2 aliphatic carbocycles. The van der Waals surface area contributed by atoms with E-state index in [1.807, 2.05) is 0 Å². The minimum absolute atomic E-state index is 0.209. The van der Waals surface area contributed by atoms with Crippen molar-refractivity contribution in [3.05, 3.63) is 10.4 Å². The van der Waals surface area contributed by atoms with E-state index in [0.29, 0.717) is 5.41 Å². The summed E-state index contributed by atoms with van der Waals surface area (Å²) in [7, 11) is 0. The van der Waals surface area contributed by atoms with Gasteiger partial charge in [-0.3, -0.25) is 0 Å². The lowest BCUT2D eigenvalue weighted by Gasteiger charge is -2.30. The lowest BCUT2D eigenvalue weighted by molar-refractivity contribution is 0.225. The van der Waals surface area contributed by atoms with Crippen LogP contribution in [0.1, 0.15) is 34.1 Å². The van der Waals surface area contributed by atoms with Gasteiger partial charge >= 0.3 is 0 Å². The van der Waals surface area contributed by atoms with Crippen LogP contribution in [0.4, 0.5) is 0 Å². The molecule has 2 saturated carbocycles. The molecule has 0 N–H and O–H groups in total. The Bertz CT molecular complexity index is 287. The summed E-state index contributed by atoms with van der Waals surface area (Å²) in [5.41, 5.74) is 9.15. The maximum absolute atomic E-state index is 8.45. The van der Waals surface area contributed by atoms with Crippen LogP contribution in [0, 0.1) is 22.7 Å². The fourth-order valence-corrected chi connectivity index (χ4v) is 3.67. The summed E-state index contributed by atoms with van der Waals surface area (Å²) in [6.07, 6.45) is 1.09. The first-order valence-electron chi connectivity index (χ1n) is 4.96. The first kappa shape index (κ1) is 8.89. The smallest absolute Gasteiger partial charge is 0.0431 e. The van der Waals surface area contributed by atoms with E-state index in [1.54, 1.807) is 0 Å². The van der Waals surface area contributed by atoms with Crippen LogP contribution in [0.3, 0.4) is 0 Å². The van der Waals surface area contributed by atoms with E-state index >= 15 is 0 Å². The minimum atomic E-state index is 0.209. The quantitative estimate of drug-likeness (QED) is 0.336. The molecule has 0 aromatic rings. The summed E-state index contributed by atoms with van der Waals surface area (Å²) in [6.45, 7) is 9.14. The van der Waals surface area contributed by atoms with Crippen molar-refractivity contribution in [1.29, 1.82) is 0 Å². The Morgan fingerprint density at radius 2 is 1.85 bits per heavy atom. The topological polar surface area (TPSA) is 48.8 Å². The molecular weight excluding hydrogens is 162 g/mol. The van der Waals surface area contributed by atoms with Crippen LogP contribution in [0.25, 0.3) is 10.4 Å². The maximum Gasteiger partial charge on any atom is 0.0431 e. The van der Waals surface area contributed by atoms with Gasteiger partial charge in [-0.2, -0.15) is 0 Å². The Morgan fingerprint density at radius 3 is 2.23 bits per heavy atom. The molecule has 3 heteroatoms. The third-order valence-electron chi connectivity index (χ3n) is 4.38. The molecule has 72 valence electrons. The van der Waals surface area contributed by atoms with Gasteiger partial charge in [0, 0.05) is 11.0 Å². The fourth-order valence-electron chi connectivity index (χ4n) is 3.67. The Kier molecular flexibility index (Phi) is 1.51. The summed E-state index contributed by atoms with van der Waals surface area (Å²) in [4.78, 5) is 2.94. The van der Waals surface area contributed by atoms with Crippen LogP contribution >= 0.6 is 0 Å². The zero-order valence-corrected chi connectivity index (χ0v) is 8.78. The Morgan fingerprint density at radius 1 is 1.23 bits per heavy atom. The van der Waals surface area contributed by atoms with Gasteiger partial charge in [-0.25, -0.2) is 0 Å². The van der Waals surface area contributed by atoms with E-state index in [-0.39, 0.29) is 11.5 Å². The van der Waals surface area contributed by atoms with Gasteiger partial charge in [-0.15, -0.1) is 0 Å². The van der Waals surface area contributed by atoms with Crippen molar-refractivity contribution in [2.24, 2.45) is 27.8 Å². The lowest BCUT2D eigenvalue weighted by atomic mass is 9.78. The SMILES string of the molecule is CC1(C)C(N=[N+]=[N-])CC2C1C2(C)C. The van der Waals surface area contributed by atoms with Gasteiger partial charge in [-0.1, -0.05) is 32.8 Å². The predicted molar refractivity (Wildman–Crippen MR) is 52.1 cm³/mol. The molecule has 3 nitrogen and oxygen atoms in total. The average molecular weight is 179 g/mol. The molecule has 0 heterocycles. The van der Waals surface area contributed by atoms with Crippen molar-refractivity contribution < 1.29 is 0 Å². The Balaban J connectivity index is 2.24. The molecule has 0 spiro atoms. The molecule has 0 amide bonds. The molecule has 3 unspecified atom stereocenters. The summed E-state index contributed by atoms with van der Waals surface area (Å²) >= 11 is 0. The van der Waals surface area contributed by atoms with E-state index < -0.39 is 0 Å². The normalized spacial score (nSPS) is 43.5. The highest BCUT2D eigenvalue weighted by Crippen LogP contribution is 2.73. The number of azide groups is 1. The first-order valence-corrected chi connectivity index (χ1v) is 4.96. The van der Waals surface area contributed by atoms with Crippen molar-refractivity contribution in [3.8, 4) is 0 Å². The zero-order valence-electron chi connectivity index (χ0n) is 8.78.